The Balaban J connectivity index is 2.10. The Hall–Kier alpha value is -1.97. The number of fused-ring (bicyclic) bond motifs is 1. The fourth-order valence-corrected chi connectivity index (χ4v) is 2.43. The van der Waals surface area contributed by atoms with Crippen molar-refractivity contribution in [1.29, 1.82) is 0 Å². The molecule has 2 rings (SSSR count). The number of hydrogen-bond donors (Lipinski definition) is 0. The third-order valence-electron chi connectivity index (χ3n) is 3.60. The fraction of sp³-hybridized carbons (Fsp3) is 0.438. The first-order valence-electron chi connectivity index (χ1n) is 7.03. The van der Waals surface area contributed by atoms with E-state index in [0.717, 1.165) is 24.8 Å². The highest BCUT2D eigenvalue weighted by Gasteiger charge is 2.35. The molecule has 0 N–H and O–H groups in total. The predicted molar refractivity (Wildman–Crippen MR) is 77.0 cm³/mol. The van der Waals surface area contributed by atoms with Crippen LogP contribution in [0.3, 0.4) is 0 Å². The van der Waals surface area contributed by atoms with Crippen LogP contribution in [-0.4, -0.2) is 24.0 Å². The van der Waals surface area contributed by atoms with Gasteiger partial charge < -0.3 is 9.69 Å². The lowest BCUT2D eigenvalue weighted by Gasteiger charge is -2.16. The van der Waals surface area contributed by atoms with Crippen LogP contribution in [0.4, 0.5) is 5.69 Å². The molecule has 1 aliphatic rings. The van der Waals surface area contributed by atoms with Gasteiger partial charge in [-0.15, -0.1) is 0 Å². The van der Waals surface area contributed by atoms with E-state index in [1.54, 1.807) is 6.92 Å². The highest BCUT2D eigenvalue weighted by atomic mass is 16.2. The largest absolute Gasteiger partial charge is 0.305 e. The molecule has 20 heavy (non-hydrogen) atoms. The van der Waals surface area contributed by atoms with Crippen LogP contribution in [0.1, 0.15) is 49.0 Å². The van der Waals surface area contributed by atoms with Crippen LogP contribution in [0.15, 0.2) is 18.2 Å². The van der Waals surface area contributed by atoms with Crippen molar-refractivity contribution in [3.63, 3.8) is 0 Å². The zero-order valence-electron chi connectivity index (χ0n) is 11.9. The molecule has 0 saturated heterocycles. The molecular weight excluding hydrogens is 254 g/mol. The van der Waals surface area contributed by atoms with Gasteiger partial charge in [0.05, 0.1) is 11.3 Å². The van der Waals surface area contributed by atoms with Gasteiger partial charge in [0.25, 0.3) is 11.7 Å². The lowest BCUT2D eigenvalue weighted by atomic mass is 10.1. The Labute approximate surface area is 118 Å². The summed E-state index contributed by atoms with van der Waals surface area (Å²) in [5, 5.41) is 0. The minimum atomic E-state index is -0.448. The van der Waals surface area contributed by atoms with Gasteiger partial charge >= 0.3 is 0 Å². The van der Waals surface area contributed by atoms with Gasteiger partial charge in [0.1, 0.15) is 5.78 Å². The molecule has 1 aromatic rings. The summed E-state index contributed by atoms with van der Waals surface area (Å²) in [5.41, 5.74) is 2.28. The number of aryl methyl sites for hydroxylation is 1. The number of hydrogen-bond acceptors (Lipinski definition) is 3. The van der Waals surface area contributed by atoms with Crippen molar-refractivity contribution in [2.24, 2.45) is 0 Å². The summed E-state index contributed by atoms with van der Waals surface area (Å²) in [7, 11) is 0. The summed E-state index contributed by atoms with van der Waals surface area (Å²) in [6, 6.07) is 5.61. The maximum Gasteiger partial charge on any atom is 0.299 e. The minimum Gasteiger partial charge on any atom is -0.305 e. The van der Waals surface area contributed by atoms with Crippen molar-refractivity contribution in [2.75, 3.05) is 11.4 Å². The summed E-state index contributed by atoms with van der Waals surface area (Å²) in [4.78, 5) is 36.4. The zero-order valence-corrected chi connectivity index (χ0v) is 11.9. The van der Waals surface area contributed by atoms with E-state index in [1.807, 2.05) is 25.1 Å². The molecule has 0 spiro atoms. The Morgan fingerprint density at radius 2 is 1.95 bits per heavy atom. The number of carbonyl (C=O) groups excluding carboxylic acids is 3. The lowest BCUT2D eigenvalue weighted by molar-refractivity contribution is -0.117. The minimum absolute atomic E-state index is 0.154. The summed E-state index contributed by atoms with van der Waals surface area (Å²) in [6.45, 7) is 4.07. The smallest absolute Gasteiger partial charge is 0.299 e. The summed E-state index contributed by atoms with van der Waals surface area (Å²) >= 11 is 0. The number of unbranched alkanes of at least 4 members (excludes halogenated alkanes) is 1. The lowest BCUT2D eigenvalue weighted by Crippen LogP contribution is -2.30. The van der Waals surface area contributed by atoms with E-state index in [2.05, 4.69) is 0 Å². The molecule has 0 saturated carbocycles. The van der Waals surface area contributed by atoms with Gasteiger partial charge in [-0.1, -0.05) is 13.0 Å². The van der Waals surface area contributed by atoms with E-state index in [0.29, 0.717) is 24.2 Å². The molecule has 0 unspecified atom stereocenters. The summed E-state index contributed by atoms with van der Waals surface area (Å²) < 4.78 is 0. The average molecular weight is 273 g/mol. The number of rotatable bonds is 6. The SMILES string of the molecule is CCc1ccc2c(c1)C(=O)C(=O)N2CCCCC(C)=O. The summed E-state index contributed by atoms with van der Waals surface area (Å²) in [5.74, 6) is -0.709. The normalized spacial score (nSPS) is 13.8. The first-order chi connectivity index (χ1) is 9.54. The van der Waals surface area contributed by atoms with Crippen molar-refractivity contribution in [2.45, 2.75) is 39.5 Å². The van der Waals surface area contributed by atoms with Crippen LogP contribution < -0.4 is 4.90 Å². The van der Waals surface area contributed by atoms with Crippen LogP contribution in [0.25, 0.3) is 0 Å². The molecule has 1 aromatic carbocycles. The highest BCUT2D eigenvalue weighted by molar-refractivity contribution is 6.52. The first-order valence-corrected chi connectivity index (χ1v) is 7.03. The zero-order chi connectivity index (χ0) is 14.7. The van der Waals surface area contributed by atoms with Crippen LogP contribution in [0, 0.1) is 0 Å². The summed E-state index contributed by atoms with van der Waals surface area (Å²) in [6.07, 6.45) is 2.84. The Bertz CT molecular complexity index is 563. The second-order valence-corrected chi connectivity index (χ2v) is 5.15. The van der Waals surface area contributed by atoms with Gasteiger partial charge in [0.15, 0.2) is 0 Å². The molecule has 0 aliphatic carbocycles. The quantitative estimate of drug-likeness (QED) is 0.591. The molecule has 106 valence electrons. The predicted octanol–water partition coefficient (Wildman–Crippen LogP) is 2.54. The van der Waals surface area contributed by atoms with Crippen LogP contribution >= 0.6 is 0 Å². The van der Waals surface area contributed by atoms with Crippen molar-refractivity contribution >= 4 is 23.2 Å². The Morgan fingerprint density at radius 3 is 2.60 bits per heavy atom. The first kappa shape index (κ1) is 14.4. The van der Waals surface area contributed by atoms with E-state index in [4.69, 9.17) is 0 Å². The molecule has 0 bridgehead atoms. The van der Waals surface area contributed by atoms with Crippen LogP contribution in [0.5, 0.6) is 0 Å². The van der Waals surface area contributed by atoms with E-state index >= 15 is 0 Å². The van der Waals surface area contributed by atoms with E-state index in [9.17, 15) is 14.4 Å². The van der Waals surface area contributed by atoms with Gasteiger partial charge in [-0.3, -0.25) is 9.59 Å². The number of ketones is 2. The molecule has 4 heteroatoms. The third kappa shape index (κ3) is 2.79. The standard InChI is InChI=1S/C16H19NO3/c1-3-12-7-8-14-13(10-12)15(19)16(20)17(14)9-5-4-6-11(2)18/h7-8,10H,3-6,9H2,1-2H3. The monoisotopic (exact) mass is 273 g/mol. The highest BCUT2D eigenvalue weighted by Crippen LogP contribution is 2.30. The second kappa shape index (κ2) is 5.99. The molecule has 0 atom stereocenters. The molecule has 4 nitrogen and oxygen atoms in total. The number of anilines is 1. The second-order valence-electron chi connectivity index (χ2n) is 5.15. The van der Waals surface area contributed by atoms with E-state index < -0.39 is 11.7 Å². The molecule has 1 heterocycles. The number of nitrogens with zero attached hydrogens (tertiary/aromatic N) is 1. The van der Waals surface area contributed by atoms with Crippen molar-refractivity contribution in [3.05, 3.63) is 29.3 Å². The molecule has 0 fully saturated rings. The van der Waals surface area contributed by atoms with Gasteiger partial charge in [0, 0.05) is 13.0 Å². The van der Waals surface area contributed by atoms with Crippen molar-refractivity contribution in [1.82, 2.24) is 0 Å². The molecule has 1 amide bonds. The van der Waals surface area contributed by atoms with Crippen LogP contribution in [0.2, 0.25) is 0 Å². The van der Waals surface area contributed by atoms with Gasteiger partial charge in [-0.25, -0.2) is 0 Å². The number of Topliss-reactive ketones (excluding diaryl/α,β-unsaturated/α-hetero) is 2. The maximum absolute atomic E-state index is 12.0. The van der Waals surface area contributed by atoms with E-state index in [-0.39, 0.29) is 5.78 Å². The fourth-order valence-electron chi connectivity index (χ4n) is 2.43. The number of amides is 1. The van der Waals surface area contributed by atoms with Gasteiger partial charge in [-0.2, -0.15) is 0 Å². The molecular formula is C16H19NO3. The average Bonchev–Trinajstić information content (AvgIpc) is 2.67. The third-order valence-corrected chi connectivity index (χ3v) is 3.60. The number of carbonyl (C=O) groups is 3. The molecule has 1 aliphatic heterocycles. The van der Waals surface area contributed by atoms with Crippen molar-refractivity contribution < 1.29 is 14.4 Å². The van der Waals surface area contributed by atoms with Crippen molar-refractivity contribution in [3.8, 4) is 0 Å². The van der Waals surface area contributed by atoms with E-state index in [1.165, 1.54) is 4.90 Å². The maximum atomic E-state index is 12.0. The van der Waals surface area contributed by atoms with Gasteiger partial charge in [-0.05, 0) is 43.9 Å². The number of benzene rings is 1. The Morgan fingerprint density at radius 1 is 1.20 bits per heavy atom. The van der Waals surface area contributed by atoms with Crippen LogP contribution in [-0.2, 0) is 16.0 Å². The Kier molecular flexibility index (Phi) is 4.32. The topological polar surface area (TPSA) is 54.5 Å². The van der Waals surface area contributed by atoms with Gasteiger partial charge in [0.2, 0.25) is 0 Å². The molecule has 0 aromatic heterocycles. The molecule has 0 radical (unpaired) electrons.